The summed E-state index contributed by atoms with van der Waals surface area (Å²) >= 11 is 0. The van der Waals surface area contributed by atoms with Gasteiger partial charge in [-0.15, -0.1) is 0 Å². The van der Waals surface area contributed by atoms with Gasteiger partial charge in [-0.05, 0) is 77.8 Å². The molecule has 136 valence electrons. The number of aromatic nitrogens is 1. The highest BCUT2D eigenvalue weighted by Gasteiger charge is 2.21. The van der Waals surface area contributed by atoms with Crippen LogP contribution in [-0.2, 0) is 6.42 Å². The number of H-pyrrole nitrogens is 1. The maximum Gasteiger partial charge on any atom is 0.283 e. The number of aryl methyl sites for hydroxylation is 2. The van der Waals surface area contributed by atoms with Crippen LogP contribution >= 0.6 is 0 Å². The second kappa shape index (κ2) is 6.88. The van der Waals surface area contributed by atoms with E-state index in [1.54, 1.807) is 6.20 Å². The zero-order valence-electron chi connectivity index (χ0n) is 15.2. The van der Waals surface area contributed by atoms with E-state index in [0.29, 0.717) is 5.56 Å². The lowest BCUT2D eigenvalue weighted by Gasteiger charge is -2.17. The van der Waals surface area contributed by atoms with Gasteiger partial charge in [0.25, 0.3) is 5.56 Å². The van der Waals surface area contributed by atoms with Gasteiger partial charge < -0.3 is 10.7 Å². The topological polar surface area (TPSA) is 58.9 Å². The molecular weight excluding hydrogens is 339 g/mol. The molecule has 0 amide bonds. The van der Waals surface area contributed by atoms with Crippen LogP contribution < -0.4 is 11.3 Å². The van der Waals surface area contributed by atoms with E-state index >= 15 is 0 Å². The second-order valence-electron chi connectivity index (χ2n) is 7.06. The summed E-state index contributed by atoms with van der Waals surface area (Å²) in [6.07, 6.45) is 4.24. The number of fused-ring (bicyclic) bond motifs is 1. The Morgan fingerprint density at radius 2 is 1.78 bits per heavy atom. The number of anilines is 1. The molecule has 0 atom stereocenters. The van der Waals surface area contributed by atoms with Gasteiger partial charge in [0.1, 0.15) is 0 Å². The van der Waals surface area contributed by atoms with Crippen LogP contribution in [0.15, 0.2) is 59.5 Å². The average molecular weight is 360 g/mol. The van der Waals surface area contributed by atoms with Crippen molar-refractivity contribution in [1.29, 1.82) is 0 Å². The van der Waals surface area contributed by atoms with E-state index in [2.05, 4.69) is 36.2 Å². The molecule has 1 aliphatic carbocycles. The van der Waals surface area contributed by atoms with Crippen molar-refractivity contribution in [3.8, 4) is 0 Å². The lowest BCUT2D eigenvalue weighted by molar-refractivity contribution is 0.607. The number of nitrogens with two attached hydrogens (primary N) is 1. The van der Waals surface area contributed by atoms with Crippen LogP contribution in [0.25, 0.3) is 11.1 Å². The molecule has 2 aromatic carbocycles. The number of aromatic amines is 1. The summed E-state index contributed by atoms with van der Waals surface area (Å²) in [6.45, 7) is 2.05. The number of nitrogens with one attached hydrogen (secondary N) is 1. The lowest BCUT2D eigenvalue weighted by atomic mass is 9.88. The number of benzene rings is 2. The van der Waals surface area contributed by atoms with Crippen molar-refractivity contribution >= 4 is 16.8 Å². The summed E-state index contributed by atoms with van der Waals surface area (Å²) in [4.78, 5) is 14.0. The number of allylic oxidation sites excluding steroid dienone is 1. The van der Waals surface area contributed by atoms with Gasteiger partial charge in [-0.3, -0.25) is 4.79 Å². The normalized spacial score (nSPS) is 14.0. The zero-order valence-corrected chi connectivity index (χ0v) is 15.2. The van der Waals surface area contributed by atoms with Gasteiger partial charge in [0.05, 0.1) is 0 Å². The molecule has 3 N–H and O–H groups in total. The Balaban J connectivity index is 2.02. The van der Waals surface area contributed by atoms with Crippen molar-refractivity contribution in [3.63, 3.8) is 0 Å². The van der Waals surface area contributed by atoms with Gasteiger partial charge in [0, 0.05) is 11.9 Å². The molecule has 4 rings (SSSR count). The SMILES string of the molecule is Cc1ccc(C2=C(c3c[nH]c(=O)c(F)c3)CCCc3cc(N)ccc32)cc1. The number of rotatable bonds is 2. The van der Waals surface area contributed by atoms with E-state index in [4.69, 9.17) is 5.73 Å². The number of hydrogen-bond donors (Lipinski definition) is 2. The van der Waals surface area contributed by atoms with E-state index in [0.717, 1.165) is 47.2 Å². The van der Waals surface area contributed by atoms with Crippen molar-refractivity contribution in [1.82, 2.24) is 4.98 Å². The van der Waals surface area contributed by atoms with E-state index in [-0.39, 0.29) is 0 Å². The van der Waals surface area contributed by atoms with Crippen LogP contribution in [0.2, 0.25) is 0 Å². The number of nitrogen functional groups attached to an aromatic ring is 1. The van der Waals surface area contributed by atoms with Crippen molar-refractivity contribution in [2.75, 3.05) is 5.73 Å². The maximum absolute atomic E-state index is 14.0. The second-order valence-corrected chi connectivity index (χ2v) is 7.06. The zero-order chi connectivity index (χ0) is 19.0. The molecule has 1 aromatic heterocycles. The highest BCUT2D eigenvalue weighted by Crippen LogP contribution is 2.40. The molecule has 3 aromatic rings. The highest BCUT2D eigenvalue weighted by atomic mass is 19.1. The minimum absolute atomic E-state index is 0.696. The van der Waals surface area contributed by atoms with E-state index < -0.39 is 11.4 Å². The minimum atomic E-state index is -0.759. The van der Waals surface area contributed by atoms with Crippen LogP contribution in [0, 0.1) is 12.7 Å². The Kier molecular flexibility index (Phi) is 4.40. The summed E-state index contributed by atoms with van der Waals surface area (Å²) in [5.41, 5.74) is 13.5. The molecule has 0 radical (unpaired) electrons. The fourth-order valence-electron chi connectivity index (χ4n) is 3.78. The lowest BCUT2D eigenvalue weighted by Crippen LogP contribution is -2.10. The van der Waals surface area contributed by atoms with Crippen LogP contribution in [0.1, 0.15) is 40.7 Å². The van der Waals surface area contributed by atoms with E-state index in [1.165, 1.54) is 17.2 Å². The van der Waals surface area contributed by atoms with Crippen LogP contribution in [0.4, 0.5) is 10.1 Å². The Morgan fingerprint density at radius 1 is 1.00 bits per heavy atom. The van der Waals surface area contributed by atoms with Crippen LogP contribution in [0.5, 0.6) is 0 Å². The highest BCUT2D eigenvalue weighted by molar-refractivity contribution is 6.00. The largest absolute Gasteiger partial charge is 0.399 e. The summed E-state index contributed by atoms with van der Waals surface area (Å²) in [5.74, 6) is -0.759. The van der Waals surface area contributed by atoms with Crippen molar-refractivity contribution in [2.45, 2.75) is 26.2 Å². The average Bonchev–Trinajstić information content (AvgIpc) is 2.84. The minimum Gasteiger partial charge on any atom is -0.399 e. The monoisotopic (exact) mass is 360 g/mol. The van der Waals surface area contributed by atoms with Gasteiger partial charge >= 0.3 is 0 Å². The number of halogens is 1. The fourth-order valence-corrected chi connectivity index (χ4v) is 3.78. The fraction of sp³-hybridized carbons (Fsp3) is 0.174. The van der Waals surface area contributed by atoms with Gasteiger partial charge in [0.2, 0.25) is 0 Å². The van der Waals surface area contributed by atoms with Crippen LogP contribution in [0.3, 0.4) is 0 Å². The summed E-state index contributed by atoms with van der Waals surface area (Å²) < 4.78 is 14.0. The molecule has 0 spiro atoms. The Morgan fingerprint density at radius 3 is 2.52 bits per heavy atom. The molecule has 3 nitrogen and oxygen atoms in total. The number of pyridine rings is 1. The molecule has 1 heterocycles. The summed E-state index contributed by atoms with van der Waals surface area (Å²) in [6, 6.07) is 15.7. The Hall–Kier alpha value is -3.14. The molecular formula is C23H21FN2O. The third kappa shape index (κ3) is 3.31. The van der Waals surface area contributed by atoms with Gasteiger partial charge in [0.15, 0.2) is 5.82 Å². The van der Waals surface area contributed by atoms with Gasteiger partial charge in [-0.2, -0.15) is 0 Å². The standard InChI is InChI=1S/C23H21FN2O/c1-14-5-7-15(8-6-14)22-19(17-12-21(24)23(27)26-13-17)4-2-3-16-11-18(25)9-10-20(16)22/h5-13H,2-4,25H2,1H3,(H,26,27). The van der Waals surface area contributed by atoms with Crippen molar-refractivity contribution in [2.24, 2.45) is 0 Å². The Labute approximate surface area is 157 Å². The first-order valence-corrected chi connectivity index (χ1v) is 9.10. The molecule has 0 saturated heterocycles. The molecule has 0 bridgehead atoms. The molecule has 0 saturated carbocycles. The van der Waals surface area contributed by atoms with Gasteiger partial charge in [-0.1, -0.05) is 35.9 Å². The Bertz CT molecular complexity index is 1090. The van der Waals surface area contributed by atoms with Gasteiger partial charge in [-0.25, -0.2) is 4.39 Å². The molecule has 0 unspecified atom stereocenters. The molecule has 0 fully saturated rings. The maximum atomic E-state index is 14.0. The van der Waals surface area contributed by atoms with Crippen LogP contribution in [-0.4, -0.2) is 4.98 Å². The smallest absolute Gasteiger partial charge is 0.283 e. The first-order valence-electron chi connectivity index (χ1n) is 9.10. The first kappa shape index (κ1) is 17.3. The predicted molar refractivity (Wildman–Crippen MR) is 108 cm³/mol. The molecule has 4 heteroatoms. The first-order chi connectivity index (χ1) is 13.0. The summed E-state index contributed by atoms with van der Waals surface area (Å²) in [5, 5.41) is 0. The quantitative estimate of drug-likeness (QED) is 0.651. The third-order valence-electron chi connectivity index (χ3n) is 5.12. The molecule has 0 aliphatic heterocycles. The molecule has 1 aliphatic rings. The van der Waals surface area contributed by atoms with E-state index in [1.807, 2.05) is 18.2 Å². The molecule has 27 heavy (non-hydrogen) atoms. The van der Waals surface area contributed by atoms with E-state index in [9.17, 15) is 9.18 Å². The predicted octanol–water partition coefficient (Wildman–Crippen LogP) is 4.70. The number of hydrogen-bond acceptors (Lipinski definition) is 2. The summed E-state index contributed by atoms with van der Waals surface area (Å²) in [7, 11) is 0. The third-order valence-corrected chi connectivity index (χ3v) is 5.12. The van der Waals surface area contributed by atoms with Crippen molar-refractivity contribution in [3.05, 3.63) is 98.7 Å². The van der Waals surface area contributed by atoms with Crippen molar-refractivity contribution < 1.29 is 4.39 Å².